The Balaban J connectivity index is 1.53. The molecular weight excluding hydrogens is 429 g/mol. The van der Waals surface area contributed by atoms with Gasteiger partial charge in [-0.1, -0.05) is 42.5 Å². The van der Waals surface area contributed by atoms with Crippen molar-refractivity contribution in [2.75, 3.05) is 13.1 Å². The number of halogens is 3. The Kier molecular flexibility index (Phi) is 5.53. The first-order valence-corrected chi connectivity index (χ1v) is 10.3. The molecule has 2 atom stereocenters. The smallest absolute Gasteiger partial charge is 0.416 e. The van der Waals surface area contributed by atoms with Crippen LogP contribution in [-0.4, -0.2) is 40.0 Å². The Morgan fingerprint density at radius 2 is 1.71 bits per heavy atom. The van der Waals surface area contributed by atoms with Crippen LogP contribution in [0.2, 0.25) is 0 Å². The average molecular weight is 446 g/mol. The lowest BCUT2D eigenvalue weighted by molar-refractivity contribution is -0.141. The summed E-state index contributed by atoms with van der Waals surface area (Å²) >= 11 is 1.08. The van der Waals surface area contributed by atoms with E-state index in [0.29, 0.717) is 11.3 Å². The number of aromatic nitrogens is 1. The number of carboxylic acids is 1. The molecule has 0 saturated carbocycles. The third kappa shape index (κ3) is 4.32. The molecule has 0 radical (unpaired) electrons. The van der Waals surface area contributed by atoms with Crippen molar-refractivity contribution in [1.29, 1.82) is 0 Å². The number of likely N-dealkylation sites (tertiary alicyclic amines) is 1. The van der Waals surface area contributed by atoms with Crippen LogP contribution < -0.4 is 0 Å². The van der Waals surface area contributed by atoms with Crippen molar-refractivity contribution in [3.8, 4) is 11.3 Å². The third-order valence-corrected chi connectivity index (χ3v) is 6.18. The van der Waals surface area contributed by atoms with Gasteiger partial charge in [0, 0.05) is 30.0 Å². The number of hydrogen-bond donors (Lipinski definition) is 1. The van der Waals surface area contributed by atoms with E-state index in [4.69, 9.17) is 0 Å². The van der Waals surface area contributed by atoms with Crippen molar-refractivity contribution in [3.63, 3.8) is 0 Å². The van der Waals surface area contributed by atoms with Gasteiger partial charge in [-0.15, -0.1) is 11.3 Å². The fraction of sp³-hybridized carbons (Fsp3) is 0.227. The van der Waals surface area contributed by atoms with E-state index in [1.54, 1.807) is 5.38 Å². The maximum atomic E-state index is 13.0. The first-order valence-electron chi connectivity index (χ1n) is 9.44. The van der Waals surface area contributed by atoms with E-state index < -0.39 is 23.6 Å². The van der Waals surface area contributed by atoms with E-state index in [1.165, 1.54) is 17.0 Å². The SMILES string of the molecule is O=C(O)[C@@H]1CN(C(=O)c2nc(-c3ccc(C(F)(F)F)cc3)cs2)C[C@H]1c1ccccc1. The second-order valence-electron chi connectivity index (χ2n) is 7.29. The molecule has 160 valence electrons. The first kappa shape index (κ1) is 21.0. The highest BCUT2D eigenvalue weighted by Gasteiger charge is 2.41. The molecule has 31 heavy (non-hydrogen) atoms. The Morgan fingerprint density at radius 1 is 1.03 bits per heavy atom. The second kappa shape index (κ2) is 8.14. The lowest BCUT2D eigenvalue weighted by Gasteiger charge is -2.15. The summed E-state index contributed by atoms with van der Waals surface area (Å²) in [6.45, 7) is 0.331. The van der Waals surface area contributed by atoms with E-state index in [2.05, 4.69) is 4.98 Å². The third-order valence-electron chi connectivity index (χ3n) is 5.35. The van der Waals surface area contributed by atoms with Gasteiger partial charge in [0.15, 0.2) is 5.01 Å². The van der Waals surface area contributed by atoms with Crippen molar-refractivity contribution < 1.29 is 27.9 Å². The summed E-state index contributed by atoms with van der Waals surface area (Å²) in [7, 11) is 0. The van der Waals surface area contributed by atoms with Crippen LogP contribution in [0.1, 0.15) is 26.8 Å². The second-order valence-corrected chi connectivity index (χ2v) is 8.14. The molecule has 2 heterocycles. The van der Waals surface area contributed by atoms with Gasteiger partial charge < -0.3 is 10.0 Å². The Labute approximate surface area is 179 Å². The summed E-state index contributed by atoms with van der Waals surface area (Å²) in [4.78, 5) is 30.5. The number of alkyl halides is 3. The van der Waals surface area contributed by atoms with Crippen molar-refractivity contribution in [2.45, 2.75) is 12.1 Å². The lowest BCUT2D eigenvalue weighted by atomic mass is 9.89. The Bertz CT molecular complexity index is 1100. The molecule has 1 saturated heterocycles. The quantitative estimate of drug-likeness (QED) is 0.627. The normalized spacial score (nSPS) is 18.9. The molecule has 1 N–H and O–H groups in total. The van der Waals surface area contributed by atoms with Gasteiger partial charge in [-0.05, 0) is 17.7 Å². The minimum Gasteiger partial charge on any atom is -0.481 e. The molecule has 0 spiro atoms. The van der Waals surface area contributed by atoms with Gasteiger partial charge in [-0.3, -0.25) is 9.59 Å². The number of aliphatic carboxylic acids is 1. The van der Waals surface area contributed by atoms with Gasteiger partial charge in [-0.25, -0.2) is 4.98 Å². The number of carbonyl (C=O) groups is 2. The molecule has 2 aromatic carbocycles. The molecule has 3 aromatic rings. The molecule has 1 aliphatic rings. The van der Waals surface area contributed by atoms with Crippen LogP contribution in [0.3, 0.4) is 0 Å². The molecular formula is C22H17F3N2O3S. The molecule has 9 heteroatoms. The van der Waals surface area contributed by atoms with Crippen LogP contribution in [0.5, 0.6) is 0 Å². The Hall–Kier alpha value is -3.20. The van der Waals surface area contributed by atoms with Gasteiger partial charge in [0.2, 0.25) is 0 Å². The van der Waals surface area contributed by atoms with E-state index in [0.717, 1.165) is 29.0 Å². The minimum absolute atomic E-state index is 0.0723. The van der Waals surface area contributed by atoms with E-state index in [1.807, 2.05) is 30.3 Å². The molecule has 1 fully saturated rings. The minimum atomic E-state index is -4.42. The molecule has 0 aliphatic carbocycles. The number of benzene rings is 2. The van der Waals surface area contributed by atoms with Gasteiger partial charge in [-0.2, -0.15) is 13.2 Å². The van der Waals surface area contributed by atoms with Crippen LogP contribution in [0.25, 0.3) is 11.3 Å². The molecule has 4 rings (SSSR count). The number of hydrogen-bond acceptors (Lipinski definition) is 4. The standard InChI is InChI=1S/C22H17F3N2O3S/c23-22(24,25)15-8-6-14(7-9-15)18-12-31-19(26-18)20(28)27-10-16(17(11-27)21(29)30)13-4-2-1-3-5-13/h1-9,12,16-17H,10-11H2,(H,29,30)/t16-,17+/m0/s1. The molecule has 1 aromatic heterocycles. The highest BCUT2D eigenvalue weighted by molar-refractivity contribution is 7.12. The highest BCUT2D eigenvalue weighted by atomic mass is 32.1. The molecule has 0 bridgehead atoms. The fourth-order valence-corrected chi connectivity index (χ4v) is 4.52. The number of nitrogens with zero attached hydrogens (tertiary/aromatic N) is 2. The van der Waals surface area contributed by atoms with Gasteiger partial charge in [0.1, 0.15) is 0 Å². The molecule has 5 nitrogen and oxygen atoms in total. The van der Waals surface area contributed by atoms with Crippen molar-refractivity contribution in [2.24, 2.45) is 5.92 Å². The number of carbonyl (C=O) groups excluding carboxylic acids is 1. The number of carboxylic acid groups (broad SMARTS) is 1. The van der Waals surface area contributed by atoms with Gasteiger partial charge in [0.05, 0.1) is 17.2 Å². The first-order chi connectivity index (χ1) is 14.7. The summed E-state index contributed by atoms with van der Waals surface area (Å²) in [5.41, 5.74) is 0.965. The monoisotopic (exact) mass is 446 g/mol. The van der Waals surface area contributed by atoms with Gasteiger partial charge in [0.25, 0.3) is 5.91 Å². The maximum absolute atomic E-state index is 13.0. The van der Waals surface area contributed by atoms with Gasteiger partial charge >= 0.3 is 12.1 Å². The number of rotatable bonds is 4. The van der Waals surface area contributed by atoms with Crippen LogP contribution in [-0.2, 0) is 11.0 Å². The van der Waals surface area contributed by atoms with E-state index >= 15 is 0 Å². The number of amides is 1. The molecule has 1 aliphatic heterocycles. The van der Waals surface area contributed by atoms with Crippen LogP contribution in [0.15, 0.2) is 60.0 Å². The summed E-state index contributed by atoms with van der Waals surface area (Å²) in [6.07, 6.45) is -4.42. The van der Waals surface area contributed by atoms with Crippen LogP contribution in [0, 0.1) is 5.92 Å². The van der Waals surface area contributed by atoms with E-state index in [9.17, 15) is 27.9 Å². The van der Waals surface area contributed by atoms with Crippen molar-refractivity contribution in [1.82, 2.24) is 9.88 Å². The van der Waals surface area contributed by atoms with Crippen LogP contribution in [0.4, 0.5) is 13.2 Å². The van der Waals surface area contributed by atoms with Crippen LogP contribution >= 0.6 is 11.3 Å². The summed E-state index contributed by atoms with van der Waals surface area (Å²) in [5, 5.41) is 11.4. The Morgan fingerprint density at radius 3 is 2.32 bits per heavy atom. The van der Waals surface area contributed by atoms with E-state index in [-0.39, 0.29) is 29.9 Å². The van der Waals surface area contributed by atoms with Crippen molar-refractivity contribution in [3.05, 3.63) is 76.1 Å². The fourth-order valence-electron chi connectivity index (χ4n) is 3.73. The number of thiazole rings is 1. The summed E-state index contributed by atoms with van der Waals surface area (Å²) < 4.78 is 38.2. The predicted octanol–water partition coefficient (Wildman–Crippen LogP) is 4.77. The zero-order chi connectivity index (χ0) is 22.2. The zero-order valence-corrected chi connectivity index (χ0v) is 16.9. The highest BCUT2D eigenvalue weighted by Crippen LogP contribution is 2.35. The average Bonchev–Trinajstić information content (AvgIpc) is 3.41. The van der Waals surface area contributed by atoms with Crippen molar-refractivity contribution >= 4 is 23.2 Å². The molecule has 0 unspecified atom stereocenters. The summed E-state index contributed by atoms with van der Waals surface area (Å²) in [5.74, 6) is -2.39. The maximum Gasteiger partial charge on any atom is 0.416 e. The summed E-state index contributed by atoms with van der Waals surface area (Å²) in [6, 6.07) is 13.8. The predicted molar refractivity (Wildman–Crippen MR) is 109 cm³/mol. The topological polar surface area (TPSA) is 70.5 Å². The largest absolute Gasteiger partial charge is 0.481 e. The zero-order valence-electron chi connectivity index (χ0n) is 16.0. The lowest BCUT2D eigenvalue weighted by Crippen LogP contribution is -2.29. The molecule has 1 amide bonds.